The maximum Gasteiger partial charge on any atom is 0.331 e. The van der Waals surface area contributed by atoms with Crippen LogP contribution >= 0.6 is 11.3 Å². The normalized spacial score (nSPS) is 11.1. The lowest BCUT2D eigenvalue weighted by molar-refractivity contribution is -0.139. The molecule has 0 spiro atoms. The molecule has 0 bridgehead atoms. The first-order valence-electron chi connectivity index (χ1n) is 9.41. The number of nitrogens with zero attached hydrogens (tertiary/aromatic N) is 4. The highest BCUT2D eigenvalue weighted by Crippen LogP contribution is 2.34. The van der Waals surface area contributed by atoms with Crippen LogP contribution in [-0.4, -0.2) is 26.6 Å². The molecule has 0 atom stereocenters. The molecule has 0 saturated carbocycles. The van der Waals surface area contributed by atoms with Gasteiger partial charge in [-0.2, -0.15) is 5.10 Å². The number of anilines is 2. The van der Waals surface area contributed by atoms with Crippen LogP contribution in [0.1, 0.15) is 34.9 Å². The summed E-state index contributed by atoms with van der Waals surface area (Å²) in [7, 11) is 1.80. The van der Waals surface area contributed by atoms with E-state index in [-0.39, 0.29) is 12.5 Å². The number of thiazole rings is 1. The lowest BCUT2D eigenvalue weighted by Crippen LogP contribution is -2.24. The van der Waals surface area contributed by atoms with E-state index in [4.69, 9.17) is 4.74 Å². The smallest absolute Gasteiger partial charge is 0.331 e. The van der Waals surface area contributed by atoms with Gasteiger partial charge in [0.1, 0.15) is 6.61 Å². The monoisotopic (exact) mass is 424 g/mol. The molecule has 156 valence electrons. The van der Waals surface area contributed by atoms with Gasteiger partial charge in [-0.05, 0) is 38.0 Å². The van der Waals surface area contributed by atoms with Gasteiger partial charge in [-0.25, -0.2) is 9.78 Å². The van der Waals surface area contributed by atoms with Gasteiger partial charge in [0.25, 0.3) is 0 Å². The molecule has 0 aliphatic rings. The first kappa shape index (κ1) is 21.4. The minimum atomic E-state index is -0.470. The lowest BCUT2D eigenvalue weighted by atomic mass is 10.0. The lowest BCUT2D eigenvalue weighted by Gasteiger charge is -2.23. The quantitative estimate of drug-likeness (QED) is 0.437. The molecule has 8 heteroatoms. The van der Waals surface area contributed by atoms with Gasteiger partial charge in [0, 0.05) is 37.2 Å². The SMILES string of the molecule is CC(=O)N(c1nc(COC(=O)/C=C\c2cnn(C)c2)cs1)c1c(C)cc(C)cc1C. The fraction of sp³-hybridized carbons (Fsp3) is 0.273. The molecule has 0 radical (unpaired) electrons. The number of hydrogen-bond acceptors (Lipinski definition) is 6. The van der Waals surface area contributed by atoms with Crippen LogP contribution in [0.2, 0.25) is 0 Å². The number of aromatic nitrogens is 3. The Bertz CT molecular complexity index is 1090. The Morgan fingerprint density at radius 2 is 1.93 bits per heavy atom. The second kappa shape index (κ2) is 9.04. The minimum absolute atomic E-state index is 0.0321. The second-order valence-electron chi connectivity index (χ2n) is 7.11. The summed E-state index contributed by atoms with van der Waals surface area (Å²) in [4.78, 5) is 30.5. The maximum atomic E-state index is 12.4. The number of ether oxygens (including phenoxy) is 1. The molecule has 0 aliphatic heterocycles. The number of esters is 1. The Morgan fingerprint density at radius 3 is 2.53 bits per heavy atom. The Hall–Kier alpha value is -3.26. The average molecular weight is 425 g/mol. The molecular weight excluding hydrogens is 400 g/mol. The van der Waals surface area contributed by atoms with Gasteiger partial charge in [-0.15, -0.1) is 11.3 Å². The van der Waals surface area contributed by atoms with E-state index in [0.717, 1.165) is 27.9 Å². The van der Waals surface area contributed by atoms with E-state index in [1.807, 2.05) is 32.9 Å². The van der Waals surface area contributed by atoms with Gasteiger partial charge in [0.2, 0.25) is 5.91 Å². The molecule has 0 fully saturated rings. The molecular formula is C22H24N4O3S. The predicted molar refractivity (Wildman–Crippen MR) is 118 cm³/mol. The van der Waals surface area contributed by atoms with E-state index < -0.39 is 5.97 Å². The standard InChI is InChI=1S/C22H24N4O3S/c1-14-8-15(2)21(16(3)9-14)26(17(4)27)22-24-19(13-30-22)12-29-20(28)7-6-18-10-23-25(5)11-18/h6-11,13H,12H2,1-5H3/b7-6-. The number of carbonyl (C=O) groups is 2. The van der Waals surface area contributed by atoms with Crippen LogP contribution in [0.15, 0.2) is 36.0 Å². The van der Waals surface area contributed by atoms with Crippen molar-refractivity contribution < 1.29 is 14.3 Å². The summed E-state index contributed by atoms with van der Waals surface area (Å²) < 4.78 is 6.92. The maximum absolute atomic E-state index is 12.4. The van der Waals surface area contributed by atoms with Crippen LogP contribution in [-0.2, 0) is 28.0 Å². The fourth-order valence-corrected chi connectivity index (χ4v) is 4.12. The highest BCUT2D eigenvalue weighted by Gasteiger charge is 2.22. The molecule has 3 aromatic rings. The van der Waals surface area contributed by atoms with Crippen molar-refractivity contribution in [1.82, 2.24) is 14.8 Å². The summed E-state index contributed by atoms with van der Waals surface area (Å²) in [6.45, 7) is 7.54. The first-order valence-corrected chi connectivity index (χ1v) is 10.3. The van der Waals surface area contributed by atoms with Gasteiger partial charge in [0.05, 0.1) is 17.6 Å². The van der Waals surface area contributed by atoms with E-state index in [1.165, 1.54) is 24.3 Å². The third kappa shape index (κ3) is 5.01. The summed E-state index contributed by atoms with van der Waals surface area (Å²) in [6, 6.07) is 4.09. The predicted octanol–water partition coefficient (Wildman–Crippen LogP) is 4.24. The van der Waals surface area contributed by atoms with Crippen molar-refractivity contribution in [2.45, 2.75) is 34.3 Å². The summed E-state index contributed by atoms with van der Waals surface area (Å²) >= 11 is 1.34. The van der Waals surface area contributed by atoms with E-state index >= 15 is 0 Å². The number of amides is 1. The average Bonchev–Trinajstić information content (AvgIpc) is 3.29. The minimum Gasteiger partial charge on any atom is -0.456 e. The molecule has 0 unspecified atom stereocenters. The largest absolute Gasteiger partial charge is 0.456 e. The Kier molecular flexibility index (Phi) is 6.47. The van der Waals surface area contributed by atoms with Crippen LogP contribution in [0.3, 0.4) is 0 Å². The fourth-order valence-electron chi connectivity index (χ4n) is 3.26. The van der Waals surface area contributed by atoms with Crippen LogP contribution in [0, 0.1) is 20.8 Å². The summed E-state index contributed by atoms with van der Waals surface area (Å²) in [5.74, 6) is -0.593. The zero-order chi connectivity index (χ0) is 21.8. The van der Waals surface area contributed by atoms with Gasteiger partial charge < -0.3 is 4.74 Å². The second-order valence-corrected chi connectivity index (χ2v) is 7.95. The van der Waals surface area contributed by atoms with Crippen molar-refractivity contribution in [3.63, 3.8) is 0 Å². The molecule has 2 heterocycles. The van der Waals surface area contributed by atoms with Crippen LogP contribution in [0.25, 0.3) is 6.08 Å². The summed E-state index contributed by atoms with van der Waals surface area (Å²) in [6.07, 6.45) is 6.44. The van der Waals surface area contributed by atoms with E-state index in [0.29, 0.717) is 10.8 Å². The van der Waals surface area contributed by atoms with Crippen molar-refractivity contribution in [1.29, 1.82) is 0 Å². The zero-order valence-electron chi connectivity index (χ0n) is 17.7. The molecule has 0 aliphatic carbocycles. The molecule has 0 N–H and O–H groups in total. The van der Waals surface area contributed by atoms with E-state index in [2.05, 4.69) is 10.1 Å². The highest BCUT2D eigenvalue weighted by molar-refractivity contribution is 7.14. The van der Waals surface area contributed by atoms with E-state index in [1.54, 1.807) is 40.5 Å². The number of hydrogen-bond donors (Lipinski definition) is 0. The molecule has 1 aromatic carbocycles. The molecule has 1 amide bonds. The third-order valence-corrected chi connectivity index (χ3v) is 5.28. The van der Waals surface area contributed by atoms with Crippen molar-refractivity contribution in [2.24, 2.45) is 7.05 Å². The van der Waals surface area contributed by atoms with Gasteiger partial charge in [-0.3, -0.25) is 14.4 Å². The van der Waals surface area contributed by atoms with Crippen LogP contribution < -0.4 is 4.90 Å². The molecule has 30 heavy (non-hydrogen) atoms. The first-order chi connectivity index (χ1) is 14.2. The van der Waals surface area contributed by atoms with Crippen molar-refractivity contribution in [2.75, 3.05) is 4.90 Å². The topological polar surface area (TPSA) is 77.3 Å². The van der Waals surface area contributed by atoms with Crippen LogP contribution in [0.5, 0.6) is 0 Å². The van der Waals surface area contributed by atoms with Gasteiger partial charge in [0.15, 0.2) is 5.13 Å². The van der Waals surface area contributed by atoms with Crippen LogP contribution in [0.4, 0.5) is 10.8 Å². The van der Waals surface area contributed by atoms with E-state index in [9.17, 15) is 9.59 Å². The van der Waals surface area contributed by atoms with Crippen molar-refractivity contribution in [3.8, 4) is 0 Å². The number of aryl methyl sites for hydroxylation is 4. The van der Waals surface area contributed by atoms with Gasteiger partial charge >= 0.3 is 5.97 Å². The zero-order valence-corrected chi connectivity index (χ0v) is 18.5. The number of benzene rings is 1. The Balaban J connectivity index is 1.72. The Labute approximate surface area is 179 Å². The molecule has 7 nitrogen and oxygen atoms in total. The third-order valence-electron chi connectivity index (χ3n) is 4.40. The molecule has 0 saturated heterocycles. The Morgan fingerprint density at radius 1 is 1.23 bits per heavy atom. The van der Waals surface area contributed by atoms with Crippen molar-refractivity contribution in [3.05, 3.63) is 63.9 Å². The molecule has 3 rings (SSSR count). The van der Waals surface area contributed by atoms with Crippen molar-refractivity contribution >= 4 is 40.1 Å². The number of carbonyl (C=O) groups excluding carboxylic acids is 2. The van der Waals surface area contributed by atoms with Gasteiger partial charge in [-0.1, -0.05) is 17.7 Å². The number of rotatable bonds is 6. The summed E-state index contributed by atoms with van der Waals surface area (Å²) in [5, 5.41) is 6.38. The highest BCUT2D eigenvalue weighted by atomic mass is 32.1. The summed E-state index contributed by atoms with van der Waals surface area (Å²) in [5.41, 5.74) is 5.39. The molecule has 2 aromatic heterocycles.